The van der Waals surface area contributed by atoms with Gasteiger partial charge in [-0.25, -0.2) is 4.98 Å². The first kappa shape index (κ1) is 20.7. The summed E-state index contributed by atoms with van der Waals surface area (Å²) in [6.45, 7) is 2.14. The summed E-state index contributed by atoms with van der Waals surface area (Å²) in [7, 11) is 1.63. The van der Waals surface area contributed by atoms with Gasteiger partial charge in [-0.15, -0.1) is 21.5 Å². The number of methoxy groups -OCH3 is 1. The van der Waals surface area contributed by atoms with Gasteiger partial charge in [-0.2, -0.15) is 0 Å². The number of aromatic nitrogens is 3. The summed E-state index contributed by atoms with van der Waals surface area (Å²) in [5.74, 6) is 1.27. The lowest BCUT2D eigenvalue weighted by Gasteiger charge is -2.02. The monoisotopic (exact) mass is 435 g/mol. The molecule has 2 aromatic carbocycles. The van der Waals surface area contributed by atoms with Gasteiger partial charge in [-0.1, -0.05) is 29.8 Å². The molecule has 0 spiro atoms. The van der Waals surface area contributed by atoms with Crippen molar-refractivity contribution in [1.82, 2.24) is 15.2 Å². The fraction of sp³-hybridized carbons (Fsp3) is 0.217. The third kappa shape index (κ3) is 5.35. The van der Waals surface area contributed by atoms with Crippen molar-refractivity contribution in [3.05, 3.63) is 71.1 Å². The Morgan fingerprint density at radius 1 is 1.10 bits per heavy atom. The van der Waals surface area contributed by atoms with Crippen molar-refractivity contribution in [1.29, 1.82) is 0 Å². The van der Waals surface area contributed by atoms with Crippen LogP contribution in [-0.2, 0) is 22.6 Å². The predicted molar refractivity (Wildman–Crippen MR) is 117 cm³/mol. The number of aryl methyl sites for hydroxylation is 2. The van der Waals surface area contributed by atoms with E-state index in [1.807, 2.05) is 60.8 Å². The zero-order chi connectivity index (χ0) is 21.6. The van der Waals surface area contributed by atoms with Gasteiger partial charge in [0.1, 0.15) is 17.4 Å². The number of rotatable bonds is 8. The summed E-state index contributed by atoms with van der Waals surface area (Å²) in [6.07, 6.45) is 0.478. The van der Waals surface area contributed by atoms with E-state index in [-0.39, 0.29) is 19.0 Å². The van der Waals surface area contributed by atoms with Gasteiger partial charge in [0.25, 0.3) is 0 Å². The van der Waals surface area contributed by atoms with Gasteiger partial charge in [0, 0.05) is 22.9 Å². The van der Waals surface area contributed by atoms with E-state index < -0.39 is 0 Å². The zero-order valence-electron chi connectivity index (χ0n) is 17.2. The van der Waals surface area contributed by atoms with Crippen molar-refractivity contribution in [2.24, 2.45) is 0 Å². The lowest BCUT2D eigenvalue weighted by molar-refractivity contribution is -0.145. The lowest BCUT2D eigenvalue weighted by Crippen LogP contribution is -2.06. The Morgan fingerprint density at radius 2 is 1.94 bits per heavy atom. The van der Waals surface area contributed by atoms with Crippen molar-refractivity contribution in [2.75, 3.05) is 7.11 Å². The van der Waals surface area contributed by atoms with Crippen LogP contribution in [0.15, 0.2) is 58.3 Å². The van der Waals surface area contributed by atoms with Gasteiger partial charge < -0.3 is 13.9 Å². The Hall–Kier alpha value is -3.52. The van der Waals surface area contributed by atoms with Gasteiger partial charge in [-0.3, -0.25) is 4.79 Å². The fourth-order valence-electron chi connectivity index (χ4n) is 2.86. The summed E-state index contributed by atoms with van der Waals surface area (Å²) < 4.78 is 16.2. The highest BCUT2D eigenvalue weighted by Crippen LogP contribution is 2.27. The lowest BCUT2D eigenvalue weighted by atomic mass is 10.1. The third-order valence-electron chi connectivity index (χ3n) is 4.56. The highest BCUT2D eigenvalue weighted by atomic mass is 32.1. The first-order valence-corrected chi connectivity index (χ1v) is 10.6. The summed E-state index contributed by atoms with van der Waals surface area (Å²) in [6, 6.07) is 15.5. The van der Waals surface area contributed by atoms with Gasteiger partial charge in [0.05, 0.1) is 19.2 Å². The molecule has 0 saturated carbocycles. The molecule has 0 aliphatic heterocycles. The Morgan fingerprint density at radius 3 is 2.74 bits per heavy atom. The molecule has 0 N–H and O–H groups in total. The minimum atomic E-state index is -0.342. The molecule has 158 valence electrons. The van der Waals surface area contributed by atoms with Crippen LogP contribution in [0.2, 0.25) is 0 Å². The average Bonchev–Trinajstić information content (AvgIpc) is 3.47. The van der Waals surface area contributed by atoms with E-state index in [1.165, 1.54) is 11.3 Å². The molecule has 0 aliphatic rings. The number of esters is 1. The second kappa shape index (κ2) is 9.53. The van der Waals surface area contributed by atoms with Crippen molar-refractivity contribution >= 4 is 17.3 Å². The number of thiazole rings is 1. The Kier molecular flexibility index (Phi) is 6.37. The number of benzene rings is 2. The molecule has 4 rings (SSSR count). The first-order valence-electron chi connectivity index (χ1n) is 9.74. The largest absolute Gasteiger partial charge is 0.497 e. The molecule has 0 amide bonds. The van der Waals surface area contributed by atoms with E-state index in [9.17, 15) is 4.79 Å². The van der Waals surface area contributed by atoms with E-state index in [4.69, 9.17) is 13.9 Å². The predicted octanol–water partition coefficient (Wildman–Crippen LogP) is 4.85. The average molecular weight is 436 g/mol. The fourth-order valence-corrected chi connectivity index (χ4v) is 3.67. The van der Waals surface area contributed by atoms with E-state index in [0.29, 0.717) is 23.9 Å². The molecular formula is C23H21N3O4S. The summed E-state index contributed by atoms with van der Waals surface area (Å²) in [5, 5.41) is 10.8. The molecule has 8 heteroatoms. The van der Waals surface area contributed by atoms with Crippen LogP contribution in [0.1, 0.15) is 23.6 Å². The highest BCUT2D eigenvalue weighted by Gasteiger charge is 2.12. The van der Waals surface area contributed by atoms with Gasteiger partial charge >= 0.3 is 5.97 Å². The normalized spacial score (nSPS) is 10.8. The second-order valence-electron chi connectivity index (χ2n) is 6.90. The molecule has 0 fully saturated rings. The van der Waals surface area contributed by atoms with Gasteiger partial charge in [0.2, 0.25) is 11.8 Å². The maximum atomic E-state index is 12.1. The van der Waals surface area contributed by atoms with Gasteiger partial charge in [-0.05, 0) is 31.2 Å². The highest BCUT2D eigenvalue weighted by molar-refractivity contribution is 7.13. The number of carbonyl (C=O) groups is 1. The van der Waals surface area contributed by atoms with Crippen LogP contribution >= 0.6 is 11.3 Å². The van der Waals surface area contributed by atoms with E-state index in [1.54, 1.807) is 7.11 Å². The van der Waals surface area contributed by atoms with Gasteiger partial charge in [0.15, 0.2) is 0 Å². The van der Waals surface area contributed by atoms with Crippen molar-refractivity contribution in [2.45, 2.75) is 26.4 Å². The van der Waals surface area contributed by atoms with Crippen LogP contribution in [0.25, 0.3) is 22.0 Å². The van der Waals surface area contributed by atoms with Crippen molar-refractivity contribution < 1.29 is 18.7 Å². The summed E-state index contributed by atoms with van der Waals surface area (Å²) >= 11 is 1.49. The number of carbonyl (C=O) groups excluding carboxylic acids is 1. The number of ether oxygens (including phenoxy) is 2. The molecule has 0 radical (unpaired) electrons. The third-order valence-corrected chi connectivity index (χ3v) is 5.50. The molecule has 2 aromatic heterocycles. The van der Waals surface area contributed by atoms with Crippen LogP contribution in [0, 0.1) is 6.92 Å². The summed E-state index contributed by atoms with van der Waals surface area (Å²) in [4.78, 5) is 16.6. The molecule has 31 heavy (non-hydrogen) atoms. The molecule has 0 atom stereocenters. The molecular weight excluding hydrogens is 414 g/mol. The van der Waals surface area contributed by atoms with Crippen LogP contribution in [0.4, 0.5) is 0 Å². The SMILES string of the molecule is COc1cccc(-c2nc(COC(=O)CCc3nnc(-c4ccc(C)cc4)o3)cs2)c1. The molecule has 0 bridgehead atoms. The molecule has 7 nitrogen and oxygen atoms in total. The van der Waals surface area contributed by atoms with Crippen LogP contribution < -0.4 is 4.74 Å². The van der Waals surface area contributed by atoms with E-state index in [2.05, 4.69) is 15.2 Å². The van der Waals surface area contributed by atoms with Crippen LogP contribution in [-0.4, -0.2) is 28.3 Å². The van der Waals surface area contributed by atoms with Crippen LogP contribution in [0.3, 0.4) is 0 Å². The number of hydrogen-bond acceptors (Lipinski definition) is 8. The quantitative estimate of drug-likeness (QED) is 0.366. The standard InChI is InChI=1S/C23H21N3O4S/c1-15-6-8-16(9-7-15)22-26-25-20(30-22)10-11-21(27)29-13-18-14-31-23(24-18)17-4-3-5-19(12-17)28-2/h3-9,12,14H,10-11,13H2,1-2H3. The molecule has 0 aliphatic carbocycles. The van der Waals surface area contributed by atoms with Crippen molar-refractivity contribution in [3.63, 3.8) is 0 Å². The Labute approximate surface area is 183 Å². The molecule has 4 aromatic rings. The number of nitrogens with zero attached hydrogens (tertiary/aromatic N) is 3. The molecule has 2 heterocycles. The molecule has 0 unspecified atom stereocenters. The maximum absolute atomic E-state index is 12.1. The van der Waals surface area contributed by atoms with E-state index >= 15 is 0 Å². The second-order valence-corrected chi connectivity index (χ2v) is 7.76. The number of hydrogen-bond donors (Lipinski definition) is 0. The molecule has 0 saturated heterocycles. The Bertz CT molecular complexity index is 1170. The van der Waals surface area contributed by atoms with Crippen molar-refractivity contribution in [3.8, 4) is 27.8 Å². The maximum Gasteiger partial charge on any atom is 0.306 e. The topological polar surface area (TPSA) is 87.3 Å². The minimum absolute atomic E-state index is 0.123. The first-order chi connectivity index (χ1) is 15.1. The summed E-state index contributed by atoms with van der Waals surface area (Å²) in [5.41, 5.74) is 3.67. The Balaban J connectivity index is 1.27. The van der Waals surface area contributed by atoms with E-state index in [0.717, 1.165) is 27.4 Å². The smallest absolute Gasteiger partial charge is 0.306 e. The van der Waals surface area contributed by atoms with Crippen LogP contribution in [0.5, 0.6) is 5.75 Å². The minimum Gasteiger partial charge on any atom is -0.497 e. The zero-order valence-corrected chi connectivity index (χ0v) is 18.0.